The van der Waals surface area contributed by atoms with E-state index in [0.29, 0.717) is 29.6 Å². The molecule has 1 amide bonds. The molecule has 1 atom stereocenters. The number of carbonyl (C=O) groups excluding carboxylic acids is 1. The highest BCUT2D eigenvalue weighted by Gasteiger charge is 2.22. The van der Waals surface area contributed by atoms with Crippen LogP contribution in [0.1, 0.15) is 38.5 Å². The Kier molecular flexibility index (Phi) is 7.01. The van der Waals surface area contributed by atoms with Crippen LogP contribution in [-0.4, -0.2) is 40.5 Å². The molecule has 0 radical (unpaired) electrons. The van der Waals surface area contributed by atoms with Gasteiger partial charge in [-0.05, 0) is 50.4 Å². The Hall–Kier alpha value is -0.960. The zero-order valence-electron chi connectivity index (χ0n) is 15.2. The first-order valence-electron chi connectivity index (χ1n) is 8.76. The number of rotatable bonds is 7. The molecule has 1 saturated heterocycles. The van der Waals surface area contributed by atoms with Gasteiger partial charge in [0.1, 0.15) is 4.21 Å². The Morgan fingerprint density at radius 2 is 2.12 bits per heavy atom. The predicted octanol–water partition coefficient (Wildman–Crippen LogP) is 1.73. The highest BCUT2D eigenvalue weighted by atomic mass is 32.2. The average Bonchev–Trinajstić information content (AvgIpc) is 3.03. The molecule has 25 heavy (non-hydrogen) atoms. The molecule has 0 bridgehead atoms. The van der Waals surface area contributed by atoms with E-state index in [4.69, 9.17) is 0 Å². The number of carbonyl (C=O) groups is 1. The van der Waals surface area contributed by atoms with E-state index in [1.807, 2.05) is 26.8 Å². The fraction of sp³-hybridized carbons (Fsp3) is 0.706. The third-order valence-corrected chi connectivity index (χ3v) is 7.26. The van der Waals surface area contributed by atoms with Crippen LogP contribution in [0, 0.1) is 11.3 Å². The lowest BCUT2D eigenvalue weighted by atomic mass is 9.96. The summed E-state index contributed by atoms with van der Waals surface area (Å²) in [6.07, 6.45) is 2.78. The number of amides is 1. The van der Waals surface area contributed by atoms with E-state index in [1.54, 1.807) is 6.07 Å². The van der Waals surface area contributed by atoms with E-state index in [9.17, 15) is 13.2 Å². The lowest BCUT2D eigenvalue weighted by Gasteiger charge is -2.22. The van der Waals surface area contributed by atoms with Gasteiger partial charge >= 0.3 is 0 Å². The molecule has 1 aliphatic rings. The van der Waals surface area contributed by atoms with Gasteiger partial charge in [-0.1, -0.05) is 20.8 Å². The standard InChI is InChI=1S/C17H29N3O3S2/c1-17(2,3)16(21)19-10-8-14-6-7-15(24-14)25(22,23)20-12-13-5-4-9-18-11-13/h6-7,13,18,20H,4-5,8-12H2,1-3H3,(H,19,21). The molecule has 0 aliphatic carbocycles. The molecule has 1 fully saturated rings. The summed E-state index contributed by atoms with van der Waals surface area (Å²) in [6, 6.07) is 3.47. The topological polar surface area (TPSA) is 87.3 Å². The van der Waals surface area contributed by atoms with Crippen molar-refractivity contribution >= 4 is 27.3 Å². The van der Waals surface area contributed by atoms with Crippen LogP contribution in [0.15, 0.2) is 16.3 Å². The fourth-order valence-electron chi connectivity index (χ4n) is 2.60. The van der Waals surface area contributed by atoms with Gasteiger partial charge in [-0.3, -0.25) is 4.79 Å². The molecule has 3 N–H and O–H groups in total. The highest BCUT2D eigenvalue weighted by Crippen LogP contribution is 2.22. The Bertz CT molecular complexity index is 672. The van der Waals surface area contributed by atoms with Crippen LogP contribution in [0.25, 0.3) is 0 Å². The molecule has 1 unspecified atom stereocenters. The van der Waals surface area contributed by atoms with Gasteiger partial charge in [0.05, 0.1) is 0 Å². The summed E-state index contributed by atoms with van der Waals surface area (Å²) in [7, 11) is -3.45. The van der Waals surface area contributed by atoms with Gasteiger partial charge in [0, 0.05) is 23.4 Å². The molecule has 0 saturated carbocycles. The van der Waals surface area contributed by atoms with E-state index in [0.717, 1.165) is 30.8 Å². The summed E-state index contributed by atoms with van der Waals surface area (Å²) < 4.78 is 27.9. The molecule has 1 aliphatic heterocycles. The van der Waals surface area contributed by atoms with Crippen molar-refractivity contribution in [3.05, 3.63) is 17.0 Å². The Labute approximate surface area is 154 Å². The average molecular weight is 388 g/mol. The molecule has 1 aromatic rings. The minimum absolute atomic E-state index is 0.000316. The predicted molar refractivity (Wildman–Crippen MR) is 101 cm³/mol. The van der Waals surface area contributed by atoms with Crippen molar-refractivity contribution in [2.24, 2.45) is 11.3 Å². The second-order valence-electron chi connectivity index (χ2n) is 7.54. The van der Waals surface area contributed by atoms with Crippen LogP contribution in [0.2, 0.25) is 0 Å². The third kappa shape index (κ3) is 6.36. The van der Waals surface area contributed by atoms with Gasteiger partial charge in [0.2, 0.25) is 15.9 Å². The Morgan fingerprint density at radius 1 is 1.36 bits per heavy atom. The smallest absolute Gasteiger partial charge is 0.250 e. The number of piperidine rings is 1. The molecule has 2 heterocycles. The zero-order valence-corrected chi connectivity index (χ0v) is 16.9. The summed E-state index contributed by atoms with van der Waals surface area (Å²) in [4.78, 5) is 12.8. The number of hydrogen-bond acceptors (Lipinski definition) is 5. The van der Waals surface area contributed by atoms with Gasteiger partial charge in [-0.2, -0.15) is 0 Å². The third-order valence-electron chi connectivity index (χ3n) is 4.20. The lowest BCUT2D eigenvalue weighted by molar-refractivity contribution is -0.128. The van der Waals surface area contributed by atoms with Crippen molar-refractivity contribution < 1.29 is 13.2 Å². The van der Waals surface area contributed by atoms with Crippen molar-refractivity contribution in [2.75, 3.05) is 26.2 Å². The number of sulfonamides is 1. The molecule has 0 spiro atoms. The van der Waals surface area contributed by atoms with Crippen LogP contribution >= 0.6 is 11.3 Å². The van der Waals surface area contributed by atoms with Crippen molar-refractivity contribution in [1.82, 2.24) is 15.4 Å². The molecular formula is C17H29N3O3S2. The maximum atomic E-state index is 12.4. The van der Waals surface area contributed by atoms with Gasteiger partial charge < -0.3 is 10.6 Å². The van der Waals surface area contributed by atoms with Gasteiger partial charge in [0.25, 0.3) is 0 Å². The van der Waals surface area contributed by atoms with E-state index >= 15 is 0 Å². The molecule has 0 aromatic carbocycles. The number of nitrogens with one attached hydrogen (secondary N) is 3. The lowest BCUT2D eigenvalue weighted by Crippen LogP contribution is -2.37. The van der Waals surface area contributed by atoms with Gasteiger partial charge in [-0.25, -0.2) is 13.1 Å². The minimum atomic E-state index is -3.45. The first kappa shape index (κ1) is 20.4. The molecular weight excluding hydrogens is 358 g/mol. The van der Waals surface area contributed by atoms with Gasteiger partial charge in [0.15, 0.2) is 0 Å². The first-order valence-corrected chi connectivity index (χ1v) is 11.1. The van der Waals surface area contributed by atoms with Crippen LogP contribution < -0.4 is 15.4 Å². The maximum absolute atomic E-state index is 12.4. The second-order valence-corrected chi connectivity index (χ2v) is 10.7. The van der Waals surface area contributed by atoms with E-state index in [1.165, 1.54) is 11.3 Å². The highest BCUT2D eigenvalue weighted by molar-refractivity contribution is 7.91. The molecule has 8 heteroatoms. The van der Waals surface area contributed by atoms with Crippen LogP contribution in [0.3, 0.4) is 0 Å². The zero-order chi connectivity index (χ0) is 18.5. The van der Waals surface area contributed by atoms with E-state index in [2.05, 4.69) is 15.4 Å². The van der Waals surface area contributed by atoms with Gasteiger partial charge in [-0.15, -0.1) is 11.3 Å². The second kappa shape index (κ2) is 8.62. The van der Waals surface area contributed by atoms with Crippen molar-refractivity contribution in [2.45, 2.75) is 44.2 Å². The van der Waals surface area contributed by atoms with Crippen LogP contribution in [0.4, 0.5) is 0 Å². The number of thiophene rings is 1. The van der Waals surface area contributed by atoms with Crippen molar-refractivity contribution in [1.29, 1.82) is 0 Å². The Balaban J connectivity index is 1.83. The molecule has 6 nitrogen and oxygen atoms in total. The monoisotopic (exact) mass is 387 g/mol. The summed E-state index contributed by atoms with van der Waals surface area (Å²) >= 11 is 1.27. The normalized spacial score (nSPS) is 18.9. The molecule has 2 rings (SSSR count). The van der Waals surface area contributed by atoms with Crippen molar-refractivity contribution in [3.8, 4) is 0 Å². The van der Waals surface area contributed by atoms with Crippen LogP contribution in [-0.2, 0) is 21.2 Å². The van der Waals surface area contributed by atoms with E-state index < -0.39 is 15.4 Å². The number of hydrogen-bond donors (Lipinski definition) is 3. The Morgan fingerprint density at radius 3 is 2.76 bits per heavy atom. The summed E-state index contributed by atoms with van der Waals surface area (Å²) in [6.45, 7) is 8.47. The fourth-order valence-corrected chi connectivity index (χ4v) is 5.11. The summed E-state index contributed by atoms with van der Waals surface area (Å²) in [5.41, 5.74) is -0.415. The maximum Gasteiger partial charge on any atom is 0.250 e. The summed E-state index contributed by atoms with van der Waals surface area (Å²) in [5, 5.41) is 6.17. The molecule has 1 aromatic heterocycles. The van der Waals surface area contributed by atoms with E-state index in [-0.39, 0.29) is 5.91 Å². The first-order chi connectivity index (χ1) is 11.7. The SMILES string of the molecule is CC(C)(C)C(=O)NCCc1ccc(S(=O)(=O)NCC2CCCNC2)s1. The van der Waals surface area contributed by atoms with Crippen LogP contribution in [0.5, 0.6) is 0 Å². The quantitative estimate of drug-likeness (QED) is 0.665. The minimum Gasteiger partial charge on any atom is -0.355 e. The summed E-state index contributed by atoms with van der Waals surface area (Å²) in [5.74, 6) is 0.357. The van der Waals surface area contributed by atoms with Crippen molar-refractivity contribution in [3.63, 3.8) is 0 Å². The molecule has 142 valence electrons. The largest absolute Gasteiger partial charge is 0.355 e.